The Balaban J connectivity index is 1.14. The smallest absolute Gasteiger partial charge is 0.138 e. The second kappa shape index (κ2) is 17.4. The molecule has 3 heterocycles. The molecule has 0 atom stereocenters. The number of rotatable bonds is 7. The second-order valence-corrected chi connectivity index (χ2v) is 17.4. The molecule has 8 heteroatoms. The molecule has 12 aromatic rings. The maximum absolute atomic E-state index is 10.7. The van der Waals surface area contributed by atoms with Gasteiger partial charge in [0.25, 0.3) is 0 Å². The van der Waals surface area contributed by atoms with Crippen molar-refractivity contribution in [2.24, 2.45) is 0 Å². The Morgan fingerprint density at radius 2 is 0.583 bits per heavy atom. The van der Waals surface area contributed by atoms with Gasteiger partial charge in [0, 0.05) is 32.7 Å². The van der Waals surface area contributed by atoms with Crippen LogP contribution < -0.4 is 0 Å². The first-order valence-electron chi connectivity index (χ1n) is 23.1. The number of nitriles is 5. The number of pyridine rings is 1. The minimum absolute atomic E-state index is 0.492. The number of fused-ring (bicyclic) bond motifs is 6. The number of benzene rings is 9. The average Bonchev–Trinajstić information content (AvgIpc) is 3.96. The average molecular weight is 915 g/mol. The monoisotopic (exact) mass is 914 g/mol. The lowest BCUT2D eigenvalue weighted by atomic mass is 9.96. The van der Waals surface area contributed by atoms with E-state index in [4.69, 9.17) is 4.98 Å². The minimum Gasteiger partial charge on any atom is -0.307 e. The normalized spacial score (nSPS) is 11.0. The fourth-order valence-corrected chi connectivity index (χ4v) is 10.3. The summed E-state index contributed by atoms with van der Waals surface area (Å²) in [6.45, 7) is 0. The van der Waals surface area contributed by atoms with E-state index in [9.17, 15) is 26.3 Å². The molecule has 0 N–H and O–H groups in total. The van der Waals surface area contributed by atoms with Gasteiger partial charge >= 0.3 is 0 Å². The van der Waals surface area contributed by atoms with E-state index in [0.29, 0.717) is 33.6 Å². The van der Waals surface area contributed by atoms with Crippen LogP contribution in [0.1, 0.15) is 27.8 Å². The van der Waals surface area contributed by atoms with Crippen LogP contribution in [0, 0.1) is 56.7 Å². The Hall–Kier alpha value is -10.8. The van der Waals surface area contributed by atoms with E-state index < -0.39 is 0 Å². The van der Waals surface area contributed by atoms with Gasteiger partial charge in [0.1, 0.15) is 5.82 Å². The van der Waals surface area contributed by atoms with Gasteiger partial charge in [0.05, 0.1) is 92.1 Å². The van der Waals surface area contributed by atoms with Crippen molar-refractivity contribution in [2.45, 2.75) is 0 Å². The van der Waals surface area contributed by atoms with Gasteiger partial charge in [0.2, 0.25) is 0 Å². The number of aromatic nitrogens is 3. The lowest BCUT2D eigenvalue weighted by molar-refractivity contribution is 1.06. The molecule has 0 aliphatic carbocycles. The van der Waals surface area contributed by atoms with Crippen molar-refractivity contribution in [2.75, 3.05) is 0 Å². The molecule has 330 valence electrons. The van der Waals surface area contributed by atoms with Gasteiger partial charge in [-0.2, -0.15) is 26.3 Å². The van der Waals surface area contributed by atoms with Crippen LogP contribution in [0.5, 0.6) is 0 Å². The molecule has 72 heavy (non-hydrogen) atoms. The summed E-state index contributed by atoms with van der Waals surface area (Å²) in [6.07, 6.45) is 1.88. The van der Waals surface area contributed by atoms with Crippen LogP contribution >= 0.6 is 0 Å². The number of hydrogen-bond donors (Lipinski definition) is 0. The largest absolute Gasteiger partial charge is 0.307 e. The van der Waals surface area contributed by atoms with Gasteiger partial charge in [-0.15, -0.1) is 0 Å². The summed E-state index contributed by atoms with van der Waals surface area (Å²) in [5, 5.41) is 54.9. The van der Waals surface area contributed by atoms with Gasteiger partial charge < -0.3 is 4.57 Å². The summed E-state index contributed by atoms with van der Waals surface area (Å²) in [5.74, 6) is 0.614. The fourth-order valence-electron chi connectivity index (χ4n) is 10.3. The minimum atomic E-state index is 0.492. The highest BCUT2D eigenvalue weighted by atomic mass is 15.1. The van der Waals surface area contributed by atoms with Crippen molar-refractivity contribution in [1.82, 2.24) is 14.1 Å². The van der Waals surface area contributed by atoms with E-state index in [0.717, 1.165) is 105 Å². The quantitative estimate of drug-likeness (QED) is 0.156. The molecule has 3 aromatic heterocycles. The second-order valence-electron chi connectivity index (χ2n) is 17.4. The predicted octanol–water partition coefficient (Wildman–Crippen LogP) is 15.0. The van der Waals surface area contributed by atoms with Gasteiger partial charge in [-0.05, 0) is 129 Å². The van der Waals surface area contributed by atoms with E-state index in [1.54, 1.807) is 0 Å². The summed E-state index contributed by atoms with van der Waals surface area (Å²) in [4.78, 5) is 5.33. The lowest BCUT2D eigenvalue weighted by Crippen LogP contribution is -2.04. The van der Waals surface area contributed by atoms with Crippen LogP contribution in [0.3, 0.4) is 0 Å². The first-order chi connectivity index (χ1) is 35.5. The number of hydrogen-bond acceptors (Lipinski definition) is 6. The molecular weight excluding hydrogens is 881 g/mol. The summed E-state index contributed by atoms with van der Waals surface area (Å²) in [6, 6.07) is 76.8. The van der Waals surface area contributed by atoms with Crippen LogP contribution in [0.2, 0.25) is 0 Å². The molecule has 0 amide bonds. The Bertz CT molecular complexity index is 4250. The Morgan fingerprint density at radius 1 is 0.292 bits per heavy atom. The molecule has 0 radical (unpaired) electrons. The molecule has 0 spiro atoms. The Morgan fingerprint density at radius 3 is 0.917 bits per heavy atom. The van der Waals surface area contributed by atoms with Crippen LogP contribution in [-0.2, 0) is 0 Å². The van der Waals surface area contributed by atoms with Crippen molar-refractivity contribution in [3.63, 3.8) is 0 Å². The van der Waals surface area contributed by atoms with Crippen LogP contribution in [0.25, 0.3) is 111 Å². The van der Waals surface area contributed by atoms with E-state index in [2.05, 4.69) is 94.1 Å². The van der Waals surface area contributed by atoms with Gasteiger partial charge in [0.15, 0.2) is 0 Å². The van der Waals surface area contributed by atoms with Crippen molar-refractivity contribution in [1.29, 1.82) is 26.3 Å². The molecule has 0 bridgehead atoms. The molecule has 9 aromatic carbocycles. The van der Waals surface area contributed by atoms with Crippen molar-refractivity contribution < 1.29 is 0 Å². The van der Waals surface area contributed by atoms with Gasteiger partial charge in [-0.25, -0.2) is 4.98 Å². The molecule has 0 saturated heterocycles. The summed E-state index contributed by atoms with van der Waals surface area (Å²) in [7, 11) is 0. The molecule has 8 nitrogen and oxygen atoms in total. The van der Waals surface area contributed by atoms with Crippen LogP contribution in [0.15, 0.2) is 206 Å². The third-order valence-electron chi connectivity index (χ3n) is 13.6. The van der Waals surface area contributed by atoms with E-state index in [-0.39, 0.29) is 0 Å². The van der Waals surface area contributed by atoms with Gasteiger partial charge in [-0.3, -0.25) is 4.57 Å². The molecule has 0 saturated carbocycles. The molecule has 0 unspecified atom stereocenters. The van der Waals surface area contributed by atoms with Crippen LogP contribution in [0.4, 0.5) is 0 Å². The predicted molar refractivity (Wildman–Crippen MR) is 284 cm³/mol. The van der Waals surface area contributed by atoms with E-state index in [1.807, 2.05) is 152 Å². The first-order valence-corrected chi connectivity index (χ1v) is 23.1. The number of nitrogens with zero attached hydrogens (tertiary/aromatic N) is 8. The van der Waals surface area contributed by atoms with Crippen molar-refractivity contribution >= 4 is 43.6 Å². The lowest BCUT2D eigenvalue weighted by Gasteiger charge is -2.17. The summed E-state index contributed by atoms with van der Waals surface area (Å²) < 4.78 is 4.32. The molecule has 0 fully saturated rings. The van der Waals surface area contributed by atoms with Gasteiger partial charge in [-0.1, -0.05) is 115 Å². The third-order valence-corrected chi connectivity index (χ3v) is 13.6. The zero-order valence-corrected chi connectivity index (χ0v) is 38.2. The van der Waals surface area contributed by atoms with E-state index >= 15 is 0 Å². The molecule has 12 rings (SSSR count). The zero-order chi connectivity index (χ0) is 48.9. The maximum Gasteiger partial charge on any atom is 0.138 e. The third kappa shape index (κ3) is 6.84. The molecule has 0 aliphatic heterocycles. The summed E-state index contributed by atoms with van der Waals surface area (Å²) >= 11 is 0. The first kappa shape index (κ1) is 42.5. The van der Waals surface area contributed by atoms with Crippen molar-refractivity contribution in [3.05, 3.63) is 234 Å². The summed E-state index contributed by atoms with van der Waals surface area (Å²) in [5.41, 5.74) is 15.3. The van der Waals surface area contributed by atoms with E-state index in [1.165, 1.54) is 0 Å². The molecular formula is C64H34N8. The zero-order valence-electron chi connectivity index (χ0n) is 38.2. The SMILES string of the molecule is N#Cc1ccccc1-c1ccc2c(c1)c1cc(-c3ccccc3C#N)ccc1n2-c1cc(-c2ccccc2C#N)c(-n2c3ccc(-c4ccccc4C#N)cc3c3cc(-c4ccccc4C#N)ccc32)cn1. The standard InChI is InChI=1S/C64H34N8/c65-34-44-11-1-6-16-49(44)40-21-25-59-54(29-40)55-30-41(50-17-7-2-12-45(50)35-66)22-26-60(55)71(59)63-39-70-64(33-58(63)53-20-10-5-15-48(53)38-69)72-61-27-23-42(51-18-8-3-13-46(51)36-67)31-56(61)57-32-43(24-28-62(57)72)52-19-9-4-14-47(52)37-68/h1-33,39H. The Kier molecular flexibility index (Phi) is 10.3. The van der Waals surface area contributed by atoms with Crippen LogP contribution in [-0.4, -0.2) is 14.1 Å². The maximum atomic E-state index is 10.7. The highest BCUT2D eigenvalue weighted by Crippen LogP contribution is 2.43. The van der Waals surface area contributed by atoms with Crippen molar-refractivity contribution in [3.8, 4) is 97.5 Å². The fraction of sp³-hybridized carbons (Fsp3) is 0. The Labute approximate surface area is 413 Å². The highest BCUT2D eigenvalue weighted by molar-refractivity contribution is 6.14. The molecule has 0 aliphatic rings. The topological polar surface area (TPSA) is 142 Å². The highest BCUT2D eigenvalue weighted by Gasteiger charge is 2.23.